The van der Waals surface area contributed by atoms with Crippen molar-refractivity contribution in [1.82, 2.24) is 19.6 Å². The van der Waals surface area contributed by atoms with E-state index >= 15 is 0 Å². The van der Waals surface area contributed by atoms with Crippen molar-refractivity contribution >= 4 is 35.3 Å². The van der Waals surface area contributed by atoms with E-state index < -0.39 is 0 Å². The molecule has 0 N–H and O–H groups in total. The van der Waals surface area contributed by atoms with E-state index in [1.165, 1.54) is 0 Å². The maximum atomic E-state index is 13.4. The number of rotatable bonds is 14. The summed E-state index contributed by atoms with van der Waals surface area (Å²) in [5, 5.41) is 0. The molecule has 0 saturated carbocycles. The minimum Gasteiger partial charge on any atom is -0.495 e. The highest BCUT2D eigenvalue weighted by molar-refractivity contribution is 7.99. The Morgan fingerprint density at radius 2 is 0.800 bits per heavy atom. The van der Waals surface area contributed by atoms with Gasteiger partial charge in [0.25, 0.3) is 11.8 Å². The summed E-state index contributed by atoms with van der Waals surface area (Å²) >= 11 is 3.17. The Morgan fingerprint density at radius 3 is 1.07 bits per heavy atom. The van der Waals surface area contributed by atoms with Crippen molar-refractivity contribution in [2.75, 3.05) is 106 Å². The van der Waals surface area contributed by atoms with Gasteiger partial charge < -0.3 is 28.7 Å². The van der Waals surface area contributed by atoms with Gasteiger partial charge in [0.05, 0.1) is 38.2 Å². The lowest BCUT2D eigenvalue weighted by Gasteiger charge is -2.37. The number of carbonyl (C=O) groups is 2. The topological polar surface area (TPSA) is 84.0 Å². The molecule has 0 bridgehead atoms. The number of hydrogen-bond acceptors (Lipinski definition) is 10. The number of carbonyl (C=O) groups excluding carboxylic acids is 2. The zero-order valence-corrected chi connectivity index (χ0v) is 34.4. The van der Waals surface area contributed by atoms with Gasteiger partial charge >= 0.3 is 0 Å². The van der Waals surface area contributed by atoms with E-state index in [2.05, 4.69) is 9.80 Å². The number of thioether (sulfide) groups is 2. The normalized spacial score (nSPS) is 15.2. The molecular weight excluding hydrogens is 733 g/mol. The van der Waals surface area contributed by atoms with Crippen molar-refractivity contribution in [3.63, 3.8) is 0 Å². The minimum absolute atomic E-state index is 0.0738. The summed E-state index contributed by atoms with van der Waals surface area (Å²) < 4.78 is 22.4. The van der Waals surface area contributed by atoms with Gasteiger partial charge in [-0.2, -0.15) is 0 Å². The Hall–Kier alpha value is -4.36. The quantitative estimate of drug-likeness (QED) is 0.124. The van der Waals surface area contributed by atoms with Crippen LogP contribution in [0.25, 0.3) is 22.3 Å². The number of benzene rings is 4. The Morgan fingerprint density at radius 1 is 0.491 bits per heavy atom. The van der Waals surface area contributed by atoms with Gasteiger partial charge in [0, 0.05) is 63.5 Å². The van der Waals surface area contributed by atoms with E-state index in [0.29, 0.717) is 11.1 Å². The van der Waals surface area contributed by atoms with Gasteiger partial charge in [0.2, 0.25) is 0 Å². The Labute approximate surface area is 334 Å². The summed E-state index contributed by atoms with van der Waals surface area (Å²) in [5.41, 5.74) is 5.36. The smallest absolute Gasteiger partial charge is 0.253 e. The molecule has 2 saturated heterocycles. The average Bonchev–Trinajstić information content (AvgIpc) is 3.25. The second-order valence-electron chi connectivity index (χ2n) is 13.6. The van der Waals surface area contributed by atoms with Crippen LogP contribution < -0.4 is 18.9 Å². The molecule has 2 amide bonds. The molecule has 2 heterocycles. The maximum absolute atomic E-state index is 13.4. The van der Waals surface area contributed by atoms with Gasteiger partial charge in [-0.05, 0) is 103 Å². The lowest BCUT2D eigenvalue weighted by Crippen LogP contribution is -2.50. The number of hydrogen-bond donors (Lipinski definition) is 0. The monoisotopic (exact) mass is 784 g/mol. The molecule has 10 nitrogen and oxygen atoms in total. The van der Waals surface area contributed by atoms with E-state index in [1.807, 2.05) is 95.1 Å². The van der Waals surface area contributed by atoms with Gasteiger partial charge in [-0.3, -0.25) is 19.4 Å². The summed E-state index contributed by atoms with van der Waals surface area (Å²) in [6.45, 7) is 8.38. The summed E-state index contributed by atoms with van der Waals surface area (Å²) in [6.07, 6.45) is 5.06. The molecular formula is C43H52N4O6S2. The van der Waals surface area contributed by atoms with Gasteiger partial charge in [0.15, 0.2) is 0 Å². The fraction of sp³-hybridized carbons (Fsp3) is 0.395. The molecule has 12 heteroatoms. The minimum atomic E-state index is 0.0738. The van der Waals surface area contributed by atoms with Gasteiger partial charge in [-0.1, -0.05) is 24.3 Å². The first-order valence-corrected chi connectivity index (χ1v) is 21.1. The molecule has 4 aromatic carbocycles. The Balaban J connectivity index is 0.920. The molecule has 0 aromatic heterocycles. The molecule has 0 radical (unpaired) electrons. The van der Waals surface area contributed by atoms with Crippen LogP contribution in [0.5, 0.6) is 23.0 Å². The van der Waals surface area contributed by atoms with Crippen molar-refractivity contribution in [3.05, 3.63) is 83.9 Å². The third-order valence-electron chi connectivity index (χ3n) is 10.5. The summed E-state index contributed by atoms with van der Waals surface area (Å²) in [6, 6.07) is 23.7. The Bertz CT molecular complexity index is 1740. The first-order chi connectivity index (χ1) is 26.8. The van der Waals surface area contributed by atoms with Crippen LogP contribution in [0.4, 0.5) is 0 Å². The van der Waals surface area contributed by atoms with E-state index in [9.17, 15) is 9.59 Å². The molecule has 0 aliphatic carbocycles. The Kier molecular flexibility index (Phi) is 13.9. The molecule has 0 unspecified atom stereocenters. The van der Waals surface area contributed by atoms with Gasteiger partial charge in [-0.15, -0.1) is 23.5 Å². The van der Waals surface area contributed by atoms with Crippen LogP contribution in [-0.2, 0) is 0 Å². The lowest BCUT2D eigenvalue weighted by atomic mass is 10.0. The second kappa shape index (κ2) is 19.0. The highest BCUT2D eigenvalue weighted by atomic mass is 32.2. The second-order valence-corrected chi connectivity index (χ2v) is 15.2. The third-order valence-corrected chi connectivity index (χ3v) is 12.1. The molecule has 2 fully saturated rings. The predicted octanol–water partition coefficient (Wildman–Crippen LogP) is 7.10. The molecule has 4 aromatic rings. The van der Waals surface area contributed by atoms with Crippen LogP contribution in [0.2, 0.25) is 0 Å². The van der Waals surface area contributed by atoms with Crippen molar-refractivity contribution < 1.29 is 28.5 Å². The maximum Gasteiger partial charge on any atom is 0.253 e. The standard InChI is InChI=1S/C43H52N4O6S2/c1-50-36-26-34(27-37(51-2)40(36)54-5)30-8-12-32(13-9-30)42(48)46-22-18-44(19-23-46)16-7-17-45-20-24-47(25-21-45)43(49)33-14-10-31(11-15-33)35-28-38(52-3)41(55-6)39(29-35)53-4/h8-15,26-29H,7,16-25H2,1-6H3. The third kappa shape index (κ3) is 9.37. The van der Waals surface area contributed by atoms with Crippen LogP contribution in [-0.4, -0.2) is 138 Å². The SMILES string of the molecule is COc1cc(-c2ccc(C(=O)N3CCN(CCCN4CCN(C(=O)c5ccc(-c6cc(OC)c(SC)c(OC)c6)cc5)CC4)CC3)cc2)cc(OC)c1SC. The molecule has 292 valence electrons. The number of methoxy groups -OCH3 is 4. The van der Waals surface area contributed by atoms with Gasteiger partial charge in [0.1, 0.15) is 23.0 Å². The average molecular weight is 785 g/mol. The number of amides is 2. The molecule has 55 heavy (non-hydrogen) atoms. The summed E-state index contributed by atoms with van der Waals surface area (Å²) in [4.78, 5) is 37.5. The van der Waals surface area contributed by atoms with Crippen molar-refractivity contribution in [1.29, 1.82) is 0 Å². The number of ether oxygens (including phenoxy) is 4. The highest BCUT2D eigenvalue weighted by Gasteiger charge is 2.25. The molecule has 0 spiro atoms. The first-order valence-electron chi connectivity index (χ1n) is 18.6. The first kappa shape index (κ1) is 40.3. The highest BCUT2D eigenvalue weighted by Crippen LogP contribution is 2.42. The van der Waals surface area contributed by atoms with Crippen LogP contribution in [0.3, 0.4) is 0 Å². The summed E-state index contributed by atoms with van der Waals surface area (Å²) in [5.74, 6) is 3.22. The molecule has 2 aliphatic heterocycles. The predicted molar refractivity (Wildman–Crippen MR) is 223 cm³/mol. The number of piperazine rings is 2. The van der Waals surface area contributed by atoms with E-state index in [-0.39, 0.29) is 11.8 Å². The van der Waals surface area contributed by atoms with E-state index in [0.717, 1.165) is 127 Å². The van der Waals surface area contributed by atoms with E-state index in [4.69, 9.17) is 18.9 Å². The van der Waals surface area contributed by atoms with Crippen molar-refractivity contribution in [2.45, 2.75) is 16.2 Å². The summed E-state index contributed by atoms with van der Waals surface area (Å²) in [7, 11) is 6.66. The van der Waals surface area contributed by atoms with Gasteiger partial charge in [-0.25, -0.2) is 0 Å². The van der Waals surface area contributed by atoms with E-state index in [1.54, 1.807) is 52.0 Å². The van der Waals surface area contributed by atoms with Crippen LogP contribution in [0.1, 0.15) is 27.1 Å². The van der Waals surface area contributed by atoms with Crippen LogP contribution in [0, 0.1) is 0 Å². The lowest BCUT2D eigenvalue weighted by molar-refractivity contribution is 0.0606. The fourth-order valence-corrected chi connectivity index (χ4v) is 8.71. The molecule has 2 aliphatic rings. The molecule has 6 rings (SSSR count). The van der Waals surface area contributed by atoms with Crippen LogP contribution >= 0.6 is 23.5 Å². The zero-order valence-electron chi connectivity index (χ0n) is 32.8. The fourth-order valence-electron chi connectivity index (χ4n) is 7.34. The number of nitrogens with zero attached hydrogens (tertiary/aromatic N) is 4. The van der Waals surface area contributed by atoms with Crippen molar-refractivity contribution in [3.8, 4) is 45.3 Å². The molecule has 0 atom stereocenters. The largest absolute Gasteiger partial charge is 0.495 e. The van der Waals surface area contributed by atoms with Crippen molar-refractivity contribution in [2.24, 2.45) is 0 Å². The zero-order chi connectivity index (χ0) is 38.9. The van der Waals surface area contributed by atoms with Crippen LogP contribution in [0.15, 0.2) is 82.6 Å².